The van der Waals surface area contributed by atoms with Crippen LogP contribution in [0.2, 0.25) is 0 Å². The molecule has 12 heteroatoms. The van der Waals surface area contributed by atoms with Crippen molar-refractivity contribution in [2.75, 3.05) is 49.9 Å². The first-order valence-corrected chi connectivity index (χ1v) is 13.2. The third-order valence-electron chi connectivity index (χ3n) is 7.45. The molecule has 6 rings (SSSR count). The van der Waals surface area contributed by atoms with E-state index < -0.39 is 30.7 Å². The molecule has 2 atom stereocenters. The largest absolute Gasteiger partial charge is 0.435 e. The number of benzene rings is 1. The summed E-state index contributed by atoms with van der Waals surface area (Å²) < 4.78 is 48.4. The molecule has 1 aliphatic carbocycles. The number of hydrogen-bond acceptors (Lipinski definition) is 8. The lowest BCUT2D eigenvalue weighted by molar-refractivity contribution is -0.113. The van der Waals surface area contributed by atoms with Gasteiger partial charge in [0.25, 0.3) is 11.8 Å². The number of fused-ring (bicyclic) bond motifs is 1. The van der Waals surface area contributed by atoms with E-state index in [1.54, 1.807) is 6.07 Å². The maximum Gasteiger partial charge on any atom is 0.282 e. The minimum absolute atomic E-state index is 0.0767. The summed E-state index contributed by atoms with van der Waals surface area (Å²) in [6.45, 7) is 4.34. The van der Waals surface area contributed by atoms with Gasteiger partial charge in [-0.2, -0.15) is 0 Å². The van der Waals surface area contributed by atoms with Crippen LogP contribution in [0, 0.1) is 5.82 Å². The van der Waals surface area contributed by atoms with Gasteiger partial charge in [-0.3, -0.25) is 9.69 Å². The van der Waals surface area contributed by atoms with E-state index in [-0.39, 0.29) is 35.1 Å². The average molecular weight is 542 g/mol. The summed E-state index contributed by atoms with van der Waals surface area (Å²) in [7, 11) is 0. The molecule has 2 fully saturated rings. The minimum Gasteiger partial charge on any atom is -0.435 e. The lowest BCUT2D eigenvalue weighted by Gasteiger charge is -2.38. The first kappa shape index (κ1) is 25.6. The van der Waals surface area contributed by atoms with Crippen LogP contribution in [0.15, 0.2) is 42.4 Å². The van der Waals surface area contributed by atoms with Gasteiger partial charge in [0, 0.05) is 55.2 Å². The fourth-order valence-corrected chi connectivity index (χ4v) is 5.41. The normalized spacial score (nSPS) is 23.9. The van der Waals surface area contributed by atoms with E-state index in [0.29, 0.717) is 23.4 Å². The van der Waals surface area contributed by atoms with Crippen molar-refractivity contribution in [2.45, 2.75) is 37.8 Å². The van der Waals surface area contributed by atoms with E-state index in [1.165, 1.54) is 12.4 Å². The third-order valence-corrected chi connectivity index (χ3v) is 7.45. The molecular formula is C27H30F3N7O2. The van der Waals surface area contributed by atoms with Gasteiger partial charge in [-0.05, 0) is 38.0 Å². The van der Waals surface area contributed by atoms with E-state index in [2.05, 4.69) is 36.9 Å². The zero-order chi connectivity index (χ0) is 27.1. The summed E-state index contributed by atoms with van der Waals surface area (Å²) in [5.74, 6) is -4.42. The fourth-order valence-electron chi connectivity index (χ4n) is 5.41. The van der Waals surface area contributed by atoms with Gasteiger partial charge < -0.3 is 25.6 Å². The Kier molecular flexibility index (Phi) is 6.67. The molecule has 3 N–H and O–H groups in total. The topological polar surface area (TPSA) is 94.7 Å². The van der Waals surface area contributed by atoms with Gasteiger partial charge in [0.1, 0.15) is 11.9 Å². The van der Waals surface area contributed by atoms with Gasteiger partial charge in [-0.1, -0.05) is 12.2 Å². The number of aromatic nitrogens is 2. The van der Waals surface area contributed by atoms with E-state index in [0.717, 1.165) is 37.5 Å². The minimum atomic E-state index is -2.96. The number of piperazine rings is 1. The standard InChI is InChI=1S/C27H30F3N7O2/c1-16-12-19-20(34-16)6-7-21(23(19)28)39-25-22(26(38)37-13-27(29,30)14-37)24(32-15-33-25)35-17-2-4-18(5-3-17)36-10-8-31-9-11-36/h2-4,6-7,15-16,18,31,34H,5,8-14H2,1H3,(H,32,33,35). The molecule has 3 aliphatic heterocycles. The number of ether oxygens (including phenoxy) is 1. The first-order chi connectivity index (χ1) is 18.8. The van der Waals surface area contributed by atoms with Crippen LogP contribution < -0.4 is 20.7 Å². The number of anilines is 2. The number of nitrogens with zero attached hydrogens (tertiary/aromatic N) is 4. The van der Waals surface area contributed by atoms with Crippen molar-refractivity contribution in [3.05, 3.63) is 59.3 Å². The molecule has 1 amide bonds. The van der Waals surface area contributed by atoms with Gasteiger partial charge in [0.2, 0.25) is 5.88 Å². The van der Waals surface area contributed by atoms with Crippen molar-refractivity contribution < 1.29 is 22.7 Å². The monoisotopic (exact) mass is 541 g/mol. The summed E-state index contributed by atoms with van der Waals surface area (Å²) in [6, 6.07) is 3.52. The van der Waals surface area contributed by atoms with Crippen LogP contribution in [0.1, 0.15) is 29.3 Å². The molecule has 4 heterocycles. The van der Waals surface area contributed by atoms with Crippen molar-refractivity contribution in [3.63, 3.8) is 0 Å². The zero-order valence-corrected chi connectivity index (χ0v) is 21.5. The second-order valence-corrected chi connectivity index (χ2v) is 10.4. The van der Waals surface area contributed by atoms with Crippen LogP contribution in [0.3, 0.4) is 0 Å². The fraction of sp³-hybridized carbons (Fsp3) is 0.444. The number of rotatable bonds is 6. The van der Waals surface area contributed by atoms with Crippen LogP contribution in [0.25, 0.3) is 0 Å². The highest BCUT2D eigenvalue weighted by atomic mass is 19.3. The van der Waals surface area contributed by atoms with Crippen molar-refractivity contribution in [3.8, 4) is 11.6 Å². The zero-order valence-electron chi connectivity index (χ0n) is 21.5. The van der Waals surface area contributed by atoms with E-state index in [4.69, 9.17) is 4.74 Å². The Morgan fingerprint density at radius 3 is 2.72 bits per heavy atom. The molecule has 0 saturated carbocycles. The average Bonchev–Trinajstić information content (AvgIpc) is 3.31. The van der Waals surface area contributed by atoms with E-state index >= 15 is 4.39 Å². The first-order valence-electron chi connectivity index (χ1n) is 13.2. The number of halogens is 3. The van der Waals surface area contributed by atoms with Crippen LogP contribution in [-0.2, 0) is 6.42 Å². The van der Waals surface area contributed by atoms with Crippen molar-refractivity contribution in [2.24, 2.45) is 0 Å². The second kappa shape index (κ2) is 10.2. The summed E-state index contributed by atoms with van der Waals surface area (Å²) in [4.78, 5) is 25.2. The summed E-state index contributed by atoms with van der Waals surface area (Å²) in [5.41, 5.74) is 1.75. The van der Waals surface area contributed by atoms with E-state index in [1.807, 2.05) is 19.1 Å². The predicted octanol–water partition coefficient (Wildman–Crippen LogP) is 3.39. The summed E-state index contributed by atoms with van der Waals surface area (Å²) >= 11 is 0. The maximum absolute atomic E-state index is 15.3. The SMILES string of the molecule is CC1Cc2c(ccc(Oc3ncnc(NC4=CCC(N5CCNCC5)C=C4)c3C(=O)N3CC(F)(F)C3)c2F)N1. The number of hydrogen-bond donors (Lipinski definition) is 3. The van der Waals surface area contributed by atoms with Crippen LogP contribution >= 0.6 is 0 Å². The highest BCUT2D eigenvalue weighted by Gasteiger charge is 2.47. The quantitative estimate of drug-likeness (QED) is 0.513. The Morgan fingerprint density at radius 2 is 2.00 bits per heavy atom. The van der Waals surface area contributed by atoms with Crippen molar-refractivity contribution >= 4 is 17.4 Å². The molecule has 9 nitrogen and oxygen atoms in total. The van der Waals surface area contributed by atoms with Crippen molar-refractivity contribution in [1.29, 1.82) is 0 Å². The molecule has 1 aromatic heterocycles. The lowest BCUT2D eigenvalue weighted by atomic mass is 10.0. The van der Waals surface area contributed by atoms with Gasteiger partial charge in [-0.15, -0.1) is 0 Å². The molecule has 0 bridgehead atoms. The highest BCUT2D eigenvalue weighted by Crippen LogP contribution is 2.38. The van der Waals surface area contributed by atoms with Gasteiger partial charge in [-0.25, -0.2) is 23.1 Å². The highest BCUT2D eigenvalue weighted by molar-refractivity contribution is 6.01. The molecule has 2 unspecified atom stereocenters. The molecular weight excluding hydrogens is 511 g/mol. The maximum atomic E-state index is 15.3. The summed E-state index contributed by atoms with van der Waals surface area (Å²) in [5, 5.41) is 9.68. The molecule has 4 aliphatic rings. The Balaban J connectivity index is 1.27. The molecule has 0 spiro atoms. The summed E-state index contributed by atoms with van der Waals surface area (Å²) in [6.07, 6.45) is 8.47. The Hall–Kier alpha value is -3.64. The number of carbonyl (C=O) groups is 1. The Labute approximate surface area is 224 Å². The second-order valence-electron chi connectivity index (χ2n) is 10.4. The number of amides is 1. The number of alkyl halides is 2. The molecule has 0 radical (unpaired) electrons. The third kappa shape index (κ3) is 5.18. The Morgan fingerprint density at radius 1 is 1.21 bits per heavy atom. The molecule has 2 saturated heterocycles. The van der Waals surface area contributed by atoms with Crippen molar-refractivity contribution in [1.82, 2.24) is 25.1 Å². The van der Waals surface area contributed by atoms with E-state index in [9.17, 15) is 13.6 Å². The van der Waals surface area contributed by atoms with Gasteiger partial charge in [0.05, 0.1) is 13.1 Å². The number of carbonyl (C=O) groups excluding carboxylic acids is 1. The van der Waals surface area contributed by atoms with Gasteiger partial charge >= 0.3 is 0 Å². The number of nitrogens with one attached hydrogen (secondary N) is 3. The van der Waals surface area contributed by atoms with Crippen LogP contribution in [0.5, 0.6) is 11.6 Å². The predicted molar refractivity (Wildman–Crippen MR) is 140 cm³/mol. The molecule has 2 aromatic rings. The smallest absolute Gasteiger partial charge is 0.282 e. The molecule has 1 aromatic carbocycles. The molecule has 39 heavy (non-hydrogen) atoms. The molecule has 206 valence electrons. The van der Waals surface area contributed by atoms with Gasteiger partial charge in [0.15, 0.2) is 17.4 Å². The number of allylic oxidation sites excluding steroid dienone is 1. The lowest BCUT2D eigenvalue weighted by Crippen LogP contribution is -2.58. The van der Waals surface area contributed by atoms with Crippen LogP contribution in [-0.4, -0.2) is 82.9 Å². The number of likely N-dealkylation sites (tertiary alicyclic amines) is 1. The van der Waals surface area contributed by atoms with Crippen LogP contribution in [0.4, 0.5) is 24.7 Å². The Bertz CT molecular complexity index is 1330.